The van der Waals surface area contributed by atoms with E-state index in [2.05, 4.69) is 31.7 Å². The molecule has 3 rings (SSSR count). The molecule has 1 amide bonds. The number of hydroxylamine groups is 1. The number of imidazole rings is 1. The molecule has 2 aromatic rings. The summed E-state index contributed by atoms with van der Waals surface area (Å²) in [6, 6.07) is 1.39. The van der Waals surface area contributed by atoms with E-state index in [1.54, 1.807) is 12.2 Å². The van der Waals surface area contributed by atoms with Gasteiger partial charge >= 0.3 is 0 Å². The maximum atomic E-state index is 15.5. The third-order valence-corrected chi connectivity index (χ3v) is 6.45. The Morgan fingerprint density at radius 2 is 2.25 bits per heavy atom. The smallest absolute Gasteiger partial charge is 0.277 e. The third-order valence-electron chi connectivity index (χ3n) is 4.55. The highest BCUT2D eigenvalue weighted by molar-refractivity contribution is 9.09. The lowest BCUT2D eigenvalue weighted by atomic mass is 10.1. The molecule has 1 aromatic carbocycles. The van der Waals surface area contributed by atoms with Crippen molar-refractivity contribution in [3.63, 3.8) is 0 Å². The van der Waals surface area contributed by atoms with Crippen molar-refractivity contribution in [1.82, 2.24) is 15.0 Å². The molecular formula is C19H21BrClFN4O5S. The quantitative estimate of drug-likeness (QED) is 0.249. The van der Waals surface area contributed by atoms with Crippen LogP contribution >= 0.6 is 27.5 Å². The van der Waals surface area contributed by atoms with Gasteiger partial charge in [0.25, 0.3) is 5.91 Å². The van der Waals surface area contributed by atoms with E-state index in [1.807, 2.05) is 0 Å². The number of sulfone groups is 1. The van der Waals surface area contributed by atoms with Gasteiger partial charge in [-0.3, -0.25) is 9.63 Å². The zero-order chi connectivity index (χ0) is 23.5. The Morgan fingerprint density at radius 3 is 2.91 bits per heavy atom. The number of anilines is 1. The van der Waals surface area contributed by atoms with Crippen molar-refractivity contribution < 1.29 is 27.5 Å². The summed E-state index contributed by atoms with van der Waals surface area (Å²) in [5, 5.41) is 12.1. The first-order valence-electron chi connectivity index (χ1n) is 9.47. The molecule has 174 valence electrons. The highest BCUT2D eigenvalue weighted by atomic mass is 79.9. The molecule has 0 saturated carbocycles. The number of amides is 1. The number of hydrogen-bond acceptors (Lipinski definition) is 7. The van der Waals surface area contributed by atoms with Gasteiger partial charge in [-0.05, 0) is 18.6 Å². The summed E-state index contributed by atoms with van der Waals surface area (Å²) in [5.74, 6) is -1.76. The highest BCUT2D eigenvalue weighted by Gasteiger charge is 2.24. The summed E-state index contributed by atoms with van der Waals surface area (Å²) in [6.45, 7) is -0.439. The van der Waals surface area contributed by atoms with Crippen LogP contribution in [0.15, 0.2) is 35.3 Å². The van der Waals surface area contributed by atoms with E-state index in [4.69, 9.17) is 21.5 Å². The molecule has 3 N–H and O–H groups in total. The van der Waals surface area contributed by atoms with E-state index in [0.29, 0.717) is 17.2 Å². The van der Waals surface area contributed by atoms with Crippen molar-refractivity contribution in [1.29, 1.82) is 0 Å². The number of nitrogens with one attached hydrogen (secondary N) is 2. The minimum atomic E-state index is -3.27. The molecule has 0 radical (unpaired) electrons. The number of aromatic nitrogens is 2. The van der Waals surface area contributed by atoms with Crippen LogP contribution in [0.3, 0.4) is 0 Å². The second-order valence-electron chi connectivity index (χ2n) is 7.06. The van der Waals surface area contributed by atoms with Crippen LogP contribution in [0.2, 0.25) is 0 Å². The first-order valence-corrected chi connectivity index (χ1v) is 12.8. The molecule has 0 saturated heterocycles. The van der Waals surface area contributed by atoms with Gasteiger partial charge in [-0.1, -0.05) is 33.6 Å². The maximum absolute atomic E-state index is 15.5. The fourth-order valence-electron chi connectivity index (χ4n) is 3.01. The zero-order valence-corrected chi connectivity index (χ0v) is 20.1. The second kappa shape index (κ2) is 10.3. The Bertz CT molecular complexity index is 1200. The van der Waals surface area contributed by atoms with E-state index in [1.165, 1.54) is 17.0 Å². The Hall–Kier alpha value is -1.99. The normalized spacial score (nSPS) is 16.6. The summed E-state index contributed by atoms with van der Waals surface area (Å²) in [7, 11) is -3.27. The fourth-order valence-corrected chi connectivity index (χ4v) is 4.42. The van der Waals surface area contributed by atoms with Gasteiger partial charge in [-0.15, -0.1) is 0 Å². The SMILES string of the molecule is CS(=O)(=O)CCn1cnc2c(F)c(NC3=CCC(Br)C=C3Cl)c(C(=O)NOCCO)cc21. The molecule has 0 fully saturated rings. The number of fused-ring (bicyclic) bond motifs is 1. The van der Waals surface area contributed by atoms with Gasteiger partial charge in [0, 0.05) is 17.6 Å². The van der Waals surface area contributed by atoms with Crippen LogP contribution in [0.1, 0.15) is 16.8 Å². The van der Waals surface area contributed by atoms with Crippen LogP contribution in [0.4, 0.5) is 10.1 Å². The maximum Gasteiger partial charge on any atom is 0.277 e. The van der Waals surface area contributed by atoms with Crippen LogP contribution in [-0.2, 0) is 21.2 Å². The van der Waals surface area contributed by atoms with Crippen molar-refractivity contribution >= 4 is 60.0 Å². The van der Waals surface area contributed by atoms with Crippen molar-refractivity contribution in [3.05, 3.63) is 46.7 Å². The molecule has 1 heterocycles. The Labute approximate surface area is 197 Å². The average molecular weight is 552 g/mol. The van der Waals surface area contributed by atoms with Crippen LogP contribution in [0.25, 0.3) is 11.0 Å². The molecule has 0 spiro atoms. The molecule has 1 aromatic heterocycles. The molecule has 32 heavy (non-hydrogen) atoms. The van der Waals surface area contributed by atoms with Crippen molar-refractivity contribution in [2.45, 2.75) is 17.8 Å². The van der Waals surface area contributed by atoms with Crippen LogP contribution in [-0.4, -0.2) is 59.0 Å². The van der Waals surface area contributed by atoms with Crippen LogP contribution in [0.5, 0.6) is 0 Å². The van der Waals surface area contributed by atoms with E-state index in [0.717, 1.165) is 6.26 Å². The number of allylic oxidation sites excluding steroid dienone is 3. The minimum absolute atomic E-state index is 0.0353. The number of carbonyl (C=O) groups is 1. The molecule has 9 nitrogen and oxygen atoms in total. The number of alkyl halides is 1. The first-order chi connectivity index (χ1) is 15.1. The third kappa shape index (κ3) is 5.87. The van der Waals surface area contributed by atoms with E-state index >= 15 is 4.39 Å². The van der Waals surface area contributed by atoms with Crippen molar-refractivity contribution in [2.75, 3.05) is 30.5 Å². The number of nitrogens with zero attached hydrogens (tertiary/aromatic N) is 2. The number of aryl methyl sites for hydroxylation is 1. The molecule has 1 unspecified atom stereocenters. The summed E-state index contributed by atoms with van der Waals surface area (Å²) in [6.07, 6.45) is 6.52. The largest absolute Gasteiger partial charge is 0.394 e. The highest BCUT2D eigenvalue weighted by Crippen LogP contribution is 2.33. The summed E-state index contributed by atoms with van der Waals surface area (Å²) in [4.78, 5) is 21.7. The Kier molecular flexibility index (Phi) is 7.93. The lowest BCUT2D eigenvalue weighted by molar-refractivity contribution is 0.0169. The summed E-state index contributed by atoms with van der Waals surface area (Å²) < 4.78 is 40.0. The number of halogens is 3. The molecule has 0 aliphatic heterocycles. The lowest BCUT2D eigenvalue weighted by Gasteiger charge is -2.19. The molecule has 13 heteroatoms. The first kappa shape index (κ1) is 24.6. The van der Waals surface area contributed by atoms with E-state index in [-0.39, 0.29) is 52.6 Å². The van der Waals surface area contributed by atoms with E-state index < -0.39 is 21.6 Å². The van der Waals surface area contributed by atoms with Crippen molar-refractivity contribution in [3.8, 4) is 0 Å². The van der Waals surface area contributed by atoms with Gasteiger partial charge in [0.1, 0.15) is 15.4 Å². The Balaban J connectivity index is 2.05. The minimum Gasteiger partial charge on any atom is -0.394 e. The average Bonchev–Trinajstić information content (AvgIpc) is 3.13. The van der Waals surface area contributed by atoms with Gasteiger partial charge in [-0.2, -0.15) is 0 Å². The standard InChI is InChI=1S/C19H21BrClFN4O5S/c1-32(29,30)7-4-26-10-23-18-15(26)9-12(19(28)25-31-6-5-27)17(16(18)22)24-14-3-2-11(20)8-13(14)21/h3,8-11,24,27H,2,4-7H2,1H3,(H,25,28). The molecule has 1 aliphatic carbocycles. The molecule has 1 atom stereocenters. The fraction of sp³-hybridized carbons (Fsp3) is 0.368. The van der Waals surface area contributed by atoms with Crippen LogP contribution in [0, 0.1) is 5.82 Å². The number of carbonyl (C=O) groups excluding carboxylic acids is 1. The number of rotatable bonds is 9. The molecular weight excluding hydrogens is 531 g/mol. The van der Waals surface area contributed by atoms with Gasteiger partial charge in [-0.25, -0.2) is 23.3 Å². The van der Waals surface area contributed by atoms with E-state index in [9.17, 15) is 13.2 Å². The predicted octanol–water partition coefficient (Wildman–Crippen LogP) is 2.46. The number of aliphatic hydroxyl groups excluding tert-OH is 1. The van der Waals surface area contributed by atoms with Crippen molar-refractivity contribution in [2.24, 2.45) is 0 Å². The van der Waals surface area contributed by atoms with Gasteiger partial charge in [0.2, 0.25) is 0 Å². The van der Waals surface area contributed by atoms with Gasteiger partial charge in [0.05, 0.1) is 52.8 Å². The Morgan fingerprint density at radius 1 is 1.50 bits per heavy atom. The number of benzene rings is 1. The monoisotopic (exact) mass is 550 g/mol. The molecule has 1 aliphatic rings. The van der Waals surface area contributed by atoms with Crippen LogP contribution < -0.4 is 10.8 Å². The van der Waals surface area contributed by atoms with Gasteiger partial charge in [0.15, 0.2) is 5.82 Å². The zero-order valence-electron chi connectivity index (χ0n) is 16.9. The van der Waals surface area contributed by atoms with Gasteiger partial charge < -0.3 is 15.0 Å². The molecule has 0 bridgehead atoms. The summed E-state index contributed by atoms with van der Waals surface area (Å²) >= 11 is 9.70. The summed E-state index contributed by atoms with van der Waals surface area (Å²) in [5.41, 5.74) is 2.49. The number of hydrogen-bond donors (Lipinski definition) is 3. The lowest BCUT2D eigenvalue weighted by Crippen LogP contribution is -2.26. The predicted molar refractivity (Wildman–Crippen MR) is 123 cm³/mol. The number of aliphatic hydroxyl groups is 1. The topological polar surface area (TPSA) is 123 Å². The second-order valence-corrected chi connectivity index (χ2v) is 10.9.